The maximum atomic E-state index is 5.81. The summed E-state index contributed by atoms with van der Waals surface area (Å²) >= 11 is 1.91. The van der Waals surface area contributed by atoms with Crippen LogP contribution in [0.2, 0.25) is 0 Å². The SMILES string of the molecule is Cc1ccc(CN2CCCC[C@H]2CN)s1. The van der Waals surface area contributed by atoms with Gasteiger partial charge in [0.1, 0.15) is 0 Å². The highest BCUT2D eigenvalue weighted by atomic mass is 32.1. The molecule has 0 bridgehead atoms. The molecule has 0 unspecified atom stereocenters. The molecule has 1 aromatic rings. The normalized spacial score (nSPS) is 23.2. The Kier molecular flexibility index (Phi) is 3.78. The number of nitrogens with two attached hydrogens (primary N) is 1. The van der Waals surface area contributed by atoms with Gasteiger partial charge in [-0.2, -0.15) is 0 Å². The fourth-order valence-electron chi connectivity index (χ4n) is 2.31. The minimum atomic E-state index is 0.612. The topological polar surface area (TPSA) is 29.3 Å². The van der Waals surface area contributed by atoms with Crippen molar-refractivity contribution in [2.24, 2.45) is 5.73 Å². The van der Waals surface area contributed by atoms with Crippen LogP contribution in [0.25, 0.3) is 0 Å². The summed E-state index contributed by atoms with van der Waals surface area (Å²) in [5, 5.41) is 0. The van der Waals surface area contributed by atoms with E-state index in [1.807, 2.05) is 11.3 Å². The van der Waals surface area contributed by atoms with Crippen molar-refractivity contribution in [3.8, 4) is 0 Å². The smallest absolute Gasteiger partial charge is 0.0331 e. The number of aryl methyl sites for hydroxylation is 1. The van der Waals surface area contributed by atoms with Crippen molar-refractivity contribution in [1.82, 2.24) is 4.90 Å². The van der Waals surface area contributed by atoms with E-state index in [-0.39, 0.29) is 0 Å². The Balaban J connectivity index is 1.97. The Labute approximate surface area is 96.1 Å². The van der Waals surface area contributed by atoms with Gasteiger partial charge in [-0.1, -0.05) is 6.42 Å². The quantitative estimate of drug-likeness (QED) is 0.854. The van der Waals surface area contributed by atoms with Crippen LogP contribution in [0.15, 0.2) is 12.1 Å². The zero-order chi connectivity index (χ0) is 10.7. The maximum absolute atomic E-state index is 5.81. The number of hydrogen-bond acceptors (Lipinski definition) is 3. The van der Waals surface area contributed by atoms with Gasteiger partial charge in [0.15, 0.2) is 0 Å². The van der Waals surface area contributed by atoms with Gasteiger partial charge in [0.2, 0.25) is 0 Å². The number of rotatable bonds is 3. The van der Waals surface area contributed by atoms with Crippen molar-refractivity contribution >= 4 is 11.3 Å². The molecular weight excluding hydrogens is 204 g/mol. The third kappa shape index (κ3) is 2.80. The second-order valence-corrected chi connectivity index (χ2v) is 5.74. The summed E-state index contributed by atoms with van der Waals surface area (Å²) in [6.07, 6.45) is 3.96. The van der Waals surface area contributed by atoms with Crippen LogP contribution < -0.4 is 5.73 Å². The molecular formula is C12H20N2S. The Hall–Kier alpha value is -0.380. The molecule has 0 aliphatic carbocycles. The highest BCUT2D eigenvalue weighted by Gasteiger charge is 2.21. The van der Waals surface area contributed by atoms with Gasteiger partial charge in [0.25, 0.3) is 0 Å². The van der Waals surface area contributed by atoms with E-state index in [1.165, 1.54) is 35.6 Å². The van der Waals surface area contributed by atoms with Crippen molar-refractivity contribution in [2.75, 3.05) is 13.1 Å². The monoisotopic (exact) mass is 224 g/mol. The molecule has 1 aliphatic rings. The summed E-state index contributed by atoms with van der Waals surface area (Å²) in [7, 11) is 0. The standard InChI is InChI=1S/C12H20N2S/c1-10-5-6-12(15-10)9-14-7-3-2-4-11(14)8-13/h5-6,11H,2-4,7-9,13H2,1H3/t11-/m0/s1. The average Bonchev–Trinajstić information content (AvgIpc) is 2.65. The molecule has 1 atom stereocenters. The molecule has 3 heteroatoms. The zero-order valence-corrected chi connectivity index (χ0v) is 10.2. The van der Waals surface area contributed by atoms with Gasteiger partial charge in [-0.05, 0) is 38.4 Å². The first-order chi connectivity index (χ1) is 7.29. The van der Waals surface area contributed by atoms with E-state index in [0.717, 1.165) is 13.1 Å². The van der Waals surface area contributed by atoms with E-state index in [1.54, 1.807) is 0 Å². The van der Waals surface area contributed by atoms with Gasteiger partial charge in [0, 0.05) is 28.9 Å². The van der Waals surface area contributed by atoms with Crippen molar-refractivity contribution in [2.45, 2.75) is 38.8 Å². The summed E-state index contributed by atoms with van der Waals surface area (Å²) in [5.41, 5.74) is 5.81. The van der Waals surface area contributed by atoms with Gasteiger partial charge in [0.05, 0.1) is 0 Å². The minimum absolute atomic E-state index is 0.612. The van der Waals surface area contributed by atoms with Crippen LogP contribution >= 0.6 is 11.3 Å². The second kappa shape index (κ2) is 5.10. The second-order valence-electron chi connectivity index (χ2n) is 4.37. The van der Waals surface area contributed by atoms with Crippen LogP contribution in [-0.4, -0.2) is 24.0 Å². The van der Waals surface area contributed by atoms with Gasteiger partial charge < -0.3 is 5.73 Å². The third-order valence-electron chi connectivity index (χ3n) is 3.18. The van der Waals surface area contributed by atoms with E-state index in [4.69, 9.17) is 5.73 Å². The zero-order valence-electron chi connectivity index (χ0n) is 9.41. The summed E-state index contributed by atoms with van der Waals surface area (Å²) < 4.78 is 0. The predicted molar refractivity (Wildman–Crippen MR) is 66.2 cm³/mol. The maximum Gasteiger partial charge on any atom is 0.0331 e. The highest BCUT2D eigenvalue weighted by Crippen LogP contribution is 2.22. The van der Waals surface area contributed by atoms with E-state index in [2.05, 4.69) is 24.0 Å². The summed E-state index contributed by atoms with van der Waals surface area (Å²) in [4.78, 5) is 5.44. The summed E-state index contributed by atoms with van der Waals surface area (Å²) in [5.74, 6) is 0. The summed E-state index contributed by atoms with van der Waals surface area (Å²) in [6.45, 7) is 5.30. The minimum Gasteiger partial charge on any atom is -0.329 e. The molecule has 0 amide bonds. The Morgan fingerprint density at radius 3 is 3.00 bits per heavy atom. The molecule has 15 heavy (non-hydrogen) atoms. The molecule has 2 nitrogen and oxygen atoms in total. The number of hydrogen-bond donors (Lipinski definition) is 1. The van der Waals surface area contributed by atoms with Crippen molar-refractivity contribution < 1.29 is 0 Å². The lowest BCUT2D eigenvalue weighted by atomic mass is 10.0. The van der Waals surface area contributed by atoms with Gasteiger partial charge in [-0.25, -0.2) is 0 Å². The molecule has 84 valence electrons. The van der Waals surface area contributed by atoms with E-state index < -0.39 is 0 Å². The lowest BCUT2D eigenvalue weighted by Crippen LogP contribution is -2.43. The van der Waals surface area contributed by atoms with Gasteiger partial charge >= 0.3 is 0 Å². The van der Waals surface area contributed by atoms with E-state index >= 15 is 0 Å². The van der Waals surface area contributed by atoms with Crippen LogP contribution in [0.3, 0.4) is 0 Å². The molecule has 2 heterocycles. The van der Waals surface area contributed by atoms with E-state index in [9.17, 15) is 0 Å². The predicted octanol–water partition coefficient (Wildman–Crippen LogP) is 2.37. The lowest BCUT2D eigenvalue weighted by Gasteiger charge is -2.34. The van der Waals surface area contributed by atoms with Crippen molar-refractivity contribution in [3.63, 3.8) is 0 Å². The number of piperidine rings is 1. The lowest BCUT2D eigenvalue weighted by molar-refractivity contribution is 0.146. The fraction of sp³-hybridized carbons (Fsp3) is 0.667. The van der Waals surface area contributed by atoms with Crippen molar-refractivity contribution in [1.29, 1.82) is 0 Å². The third-order valence-corrected chi connectivity index (χ3v) is 4.16. The van der Waals surface area contributed by atoms with Gasteiger partial charge in [-0.15, -0.1) is 11.3 Å². The van der Waals surface area contributed by atoms with Crippen molar-refractivity contribution in [3.05, 3.63) is 21.9 Å². The number of likely N-dealkylation sites (tertiary alicyclic amines) is 1. The largest absolute Gasteiger partial charge is 0.329 e. The van der Waals surface area contributed by atoms with Crippen LogP contribution in [-0.2, 0) is 6.54 Å². The Morgan fingerprint density at radius 1 is 1.47 bits per heavy atom. The average molecular weight is 224 g/mol. The van der Waals surface area contributed by atoms with E-state index in [0.29, 0.717) is 6.04 Å². The first-order valence-electron chi connectivity index (χ1n) is 5.79. The Bertz CT molecular complexity index is 308. The number of nitrogens with zero attached hydrogens (tertiary/aromatic N) is 1. The van der Waals surface area contributed by atoms with Crippen LogP contribution in [0.1, 0.15) is 29.0 Å². The highest BCUT2D eigenvalue weighted by molar-refractivity contribution is 7.11. The molecule has 2 rings (SSSR count). The fourth-order valence-corrected chi connectivity index (χ4v) is 3.22. The first-order valence-corrected chi connectivity index (χ1v) is 6.60. The molecule has 1 aromatic heterocycles. The molecule has 1 fully saturated rings. The molecule has 0 aromatic carbocycles. The Morgan fingerprint density at radius 2 is 2.33 bits per heavy atom. The van der Waals surface area contributed by atoms with Crippen LogP contribution in [0.5, 0.6) is 0 Å². The molecule has 2 N–H and O–H groups in total. The summed E-state index contributed by atoms with van der Waals surface area (Å²) in [6, 6.07) is 5.07. The molecule has 0 spiro atoms. The van der Waals surface area contributed by atoms with Crippen LogP contribution in [0, 0.1) is 6.92 Å². The first kappa shape index (κ1) is 11.1. The molecule has 1 saturated heterocycles. The van der Waals surface area contributed by atoms with Crippen LogP contribution in [0.4, 0.5) is 0 Å². The molecule has 0 radical (unpaired) electrons. The molecule has 0 saturated carbocycles. The molecule has 1 aliphatic heterocycles. The number of thiophene rings is 1. The van der Waals surface area contributed by atoms with Gasteiger partial charge in [-0.3, -0.25) is 4.90 Å².